The highest BCUT2D eigenvalue weighted by Gasteiger charge is 2.31. The molecular weight excluding hydrogens is 286 g/mol. The van der Waals surface area contributed by atoms with Crippen molar-refractivity contribution in [1.29, 1.82) is 0 Å². The molecule has 0 bridgehead atoms. The van der Waals surface area contributed by atoms with Crippen LogP contribution in [0.4, 0.5) is 23.2 Å². The topological polar surface area (TPSA) is 18.5 Å². The second-order valence-corrected chi connectivity index (χ2v) is 5.26. The van der Waals surface area contributed by atoms with Gasteiger partial charge in [-0.15, -0.1) is 0 Å². The summed E-state index contributed by atoms with van der Waals surface area (Å²) in [7, 11) is 2.05. The number of nitrogens with one attached hydrogen (secondary N) is 1. The van der Waals surface area contributed by atoms with E-state index in [1.807, 2.05) is 7.05 Å². The lowest BCUT2D eigenvalue weighted by Gasteiger charge is -2.32. The molecule has 118 valence electrons. The van der Waals surface area contributed by atoms with E-state index in [-0.39, 0.29) is 5.69 Å². The molecule has 0 atom stereocenters. The van der Waals surface area contributed by atoms with Crippen molar-refractivity contribution in [3.05, 3.63) is 29.6 Å². The number of halogens is 4. The van der Waals surface area contributed by atoms with Crippen LogP contribution in [0.3, 0.4) is 0 Å². The molecule has 1 heterocycles. The zero-order chi connectivity index (χ0) is 15.5. The van der Waals surface area contributed by atoms with Gasteiger partial charge in [-0.05, 0) is 25.2 Å². The van der Waals surface area contributed by atoms with Gasteiger partial charge in [-0.2, -0.15) is 13.2 Å². The van der Waals surface area contributed by atoms with Crippen LogP contribution in [0.2, 0.25) is 0 Å². The smallest absolute Gasteiger partial charge is 0.381 e. The zero-order valence-electron chi connectivity index (χ0n) is 11.9. The van der Waals surface area contributed by atoms with E-state index in [0.717, 1.165) is 44.4 Å². The van der Waals surface area contributed by atoms with Crippen LogP contribution in [0.15, 0.2) is 18.2 Å². The van der Waals surface area contributed by atoms with E-state index in [2.05, 4.69) is 15.1 Å². The van der Waals surface area contributed by atoms with Gasteiger partial charge in [0.05, 0.1) is 11.3 Å². The van der Waals surface area contributed by atoms with E-state index in [1.165, 1.54) is 0 Å². The Morgan fingerprint density at radius 3 is 2.43 bits per heavy atom. The SMILES string of the molecule is CN1CCN(CCNc2cc(C(F)(F)F)ccc2F)CC1. The number of likely N-dealkylation sites (N-methyl/N-ethyl adjacent to an activating group) is 1. The number of benzene rings is 1. The van der Waals surface area contributed by atoms with Gasteiger partial charge in [0.15, 0.2) is 0 Å². The van der Waals surface area contributed by atoms with E-state index >= 15 is 0 Å². The third-order valence-electron chi connectivity index (χ3n) is 3.63. The van der Waals surface area contributed by atoms with Crippen LogP contribution in [0.25, 0.3) is 0 Å². The fraction of sp³-hybridized carbons (Fsp3) is 0.571. The lowest BCUT2D eigenvalue weighted by atomic mass is 10.2. The average Bonchev–Trinajstić information content (AvgIpc) is 2.42. The van der Waals surface area contributed by atoms with Gasteiger partial charge >= 0.3 is 6.18 Å². The number of piperazine rings is 1. The molecular formula is C14H19F4N3. The van der Waals surface area contributed by atoms with Crippen molar-refractivity contribution in [2.45, 2.75) is 6.18 Å². The van der Waals surface area contributed by atoms with Gasteiger partial charge in [0.1, 0.15) is 5.82 Å². The number of hydrogen-bond donors (Lipinski definition) is 1. The molecule has 0 radical (unpaired) electrons. The zero-order valence-corrected chi connectivity index (χ0v) is 11.9. The fourth-order valence-corrected chi connectivity index (χ4v) is 2.26. The minimum Gasteiger partial charge on any atom is -0.381 e. The van der Waals surface area contributed by atoms with Crippen molar-refractivity contribution in [3.63, 3.8) is 0 Å². The van der Waals surface area contributed by atoms with Gasteiger partial charge in [-0.25, -0.2) is 4.39 Å². The summed E-state index contributed by atoms with van der Waals surface area (Å²) in [5.41, 5.74) is -0.940. The molecule has 1 aliphatic heterocycles. The predicted octanol–water partition coefficient (Wildman–Crippen LogP) is 2.50. The van der Waals surface area contributed by atoms with E-state index in [4.69, 9.17) is 0 Å². The summed E-state index contributed by atoms with van der Waals surface area (Å²) in [5.74, 6) is -0.665. The van der Waals surface area contributed by atoms with Gasteiger partial charge in [0.25, 0.3) is 0 Å². The second-order valence-electron chi connectivity index (χ2n) is 5.26. The normalized spacial score (nSPS) is 18.0. The molecule has 1 N–H and O–H groups in total. The number of alkyl halides is 3. The maximum Gasteiger partial charge on any atom is 0.416 e. The molecule has 0 amide bonds. The molecule has 0 saturated carbocycles. The molecule has 1 aromatic rings. The quantitative estimate of drug-likeness (QED) is 0.862. The van der Waals surface area contributed by atoms with E-state index < -0.39 is 17.6 Å². The summed E-state index contributed by atoms with van der Waals surface area (Å²) in [5, 5.41) is 2.75. The summed E-state index contributed by atoms with van der Waals surface area (Å²) < 4.78 is 51.3. The summed E-state index contributed by atoms with van der Waals surface area (Å²) in [6, 6.07) is 2.42. The second kappa shape index (κ2) is 6.62. The first-order valence-electron chi connectivity index (χ1n) is 6.88. The van der Waals surface area contributed by atoms with Crippen molar-refractivity contribution in [3.8, 4) is 0 Å². The largest absolute Gasteiger partial charge is 0.416 e. The first-order valence-corrected chi connectivity index (χ1v) is 6.88. The van der Waals surface area contributed by atoms with Crippen LogP contribution in [0.1, 0.15) is 5.56 Å². The maximum atomic E-state index is 13.5. The van der Waals surface area contributed by atoms with Crippen LogP contribution in [0, 0.1) is 5.82 Å². The molecule has 1 saturated heterocycles. The van der Waals surface area contributed by atoms with Crippen LogP contribution < -0.4 is 5.32 Å². The average molecular weight is 305 g/mol. The standard InChI is InChI=1S/C14H19F4N3/c1-20-6-8-21(9-7-20)5-4-19-13-10-11(14(16,17)18)2-3-12(13)15/h2-3,10,19H,4-9H2,1H3. The fourth-order valence-electron chi connectivity index (χ4n) is 2.26. The Bertz CT molecular complexity index is 468. The Hall–Kier alpha value is -1.34. The van der Waals surface area contributed by atoms with Gasteiger partial charge < -0.3 is 10.2 Å². The third-order valence-corrected chi connectivity index (χ3v) is 3.63. The molecule has 2 rings (SSSR count). The van der Waals surface area contributed by atoms with Crippen LogP contribution >= 0.6 is 0 Å². The molecule has 1 aromatic carbocycles. The van der Waals surface area contributed by atoms with E-state index in [1.54, 1.807) is 0 Å². The monoisotopic (exact) mass is 305 g/mol. The highest BCUT2D eigenvalue weighted by atomic mass is 19.4. The lowest BCUT2D eigenvalue weighted by Crippen LogP contribution is -2.45. The Kier molecular flexibility index (Phi) is 5.05. The Balaban J connectivity index is 1.88. The van der Waals surface area contributed by atoms with Crippen LogP contribution in [0.5, 0.6) is 0 Å². The molecule has 0 aliphatic carbocycles. The van der Waals surface area contributed by atoms with Crippen molar-refractivity contribution in [2.24, 2.45) is 0 Å². The minimum absolute atomic E-state index is 0.0982. The van der Waals surface area contributed by atoms with Crippen molar-refractivity contribution in [1.82, 2.24) is 9.80 Å². The molecule has 1 aliphatic rings. The van der Waals surface area contributed by atoms with Gasteiger partial charge in [-0.3, -0.25) is 4.90 Å². The van der Waals surface area contributed by atoms with Gasteiger partial charge in [-0.1, -0.05) is 0 Å². The summed E-state index contributed by atoms with van der Waals surface area (Å²) in [6.07, 6.45) is -4.46. The van der Waals surface area contributed by atoms with E-state index in [9.17, 15) is 17.6 Å². The highest BCUT2D eigenvalue weighted by Crippen LogP contribution is 2.31. The number of hydrogen-bond acceptors (Lipinski definition) is 3. The number of rotatable bonds is 4. The van der Waals surface area contributed by atoms with Gasteiger partial charge in [0, 0.05) is 39.3 Å². The molecule has 0 spiro atoms. The summed E-state index contributed by atoms with van der Waals surface area (Å²) in [6.45, 7) is 4.88. The van der Waals surface area contributed by atoms with Crippen molar-refractivity contribution in [2.75, 3.05) is 51.6 Å². The highest BCUT2D eigenvalue weighted by molar-refractivity contribution is 5.48. The minimum atomic E-state index is -4.46. The van der Waals surface area contributed by atoms with Crippen molar-refractivity contribution >= 4 is 5.69 Å². The first kappa shape index (κ1) is 16.0. The molecule has 7 heteroatoms. The molecule has 3 nitrogen and oxygen atoms in total. The summed E-state index contributed by atoms with van der Waals surface area (Å²) in [4.78, 5) is 4.43. The Morgan fingerprint density at radius 1 is 1.14 bits per heavy atom. The van der Waals surface area contributed by atoms with E-state index in [0.29, 0.717) is 13.1 Å². The third kappa shape index (κ3) is 4.57. The molecule has 21 heavy (non-hydrogen) atoms. The molecule has 1 fully saturated rings. The predicted molar refractivity (Wildman–Crippen MR) is 73.8 cm³/mol. The lowest BCUT2D eigenvalue weighted by molar-refractivity contribution is -0.137. The first-order chi connectivity index (χ1) is 9.86. The summed E-state index contributed by atoms with van der Waals surface area (Å²) >= 11 is 0. The van der Waals surface area contributed by atoms with Crippen LogP contribution in [-0.4, -0.2) is 56.1 Å². The maximum absolute atomic E-state index is 13.5. The molecule has 0 unspecified atom stereocenters. The van der Waals surface area contributed by atoms with Crippen molar-refractivity contribution < 1.29 is 17.6 Å². The number of nitrogens with zero attached hydrogens (tertiary/aromatic N) is 2. The number of anilines is 1. The Morgan fingerprint density at radius 2 is 1.81 bits per heavy atom. The molecule has 0 aromatic heterocycles. The Labute approximate surface area is 121 Å². The van der Waals surface area contributed by atoms with Gasteiger partial charge in [0.2, 0.25) is 0 Å². The van der Waals surface area contributed by atoms with Crippen LogP contribution in [-0.2, 0) is 6.18 Å².